The van der Waals surface area contributed by atoms with Gasteiger partial charge in [0, 0.05) is 30.9 Å². The minimum absolute atomic E-state index is 0.0870. The van der Waals surface area contributed by atoms with Gasteiger partial charge in [-0.3, -0.25) is 4.40 Å². The molecule has 5 heterocycles. The smallest absolute Gasteiger partial charge is 0.168 e. The highest BCUT2D eigenvalue weighted by molar-refractivity contribution is 5.67. The Balaban J connectivity index is 1.53. The van der Waals surface area contributed by atoms with Crippen LogP contribution < -0.4 is 10.6 Å². The molecule has 30 heavy (non-hydrogen) atoms. The molecule has 5 rings (SSSR count). The van der Waals surface area contributed by atoms with Crippen molar-refractivity contribution in [1.29, 1.82) is 0 Å². The van der Waals surface area contributed by atoms with Gasteiger partial charge in [0.1, 0.15) is 23.3 Å². The molecule has 0 radical (unpaired) electrons. The Morgan fingerprint density at radius 2 is 2.03 bits per heavy atom. The van der Waals surface area contributed by atoms with Gasteiger partial charge in [0.15, 0.2) is 23.3 Å². The first kappa shape index (κ1) is 18.6. The van der Waals surface area contributed by atoms with Crippen molar-refractivity contribution < 1.29 is 13.2 Å². The Labute approximate surface area is 168 Å². The molecular formula is C19H17F3N8. The van der Waals surface area contributed by atoms with Crippen molar-refractivity contribution in [2.75, 3.05) is 18.4 Å². The number of aromatic nitrogens is 6. The molecule has 2 unspecified atom stereocenters. The van der Waals surface area contributed by atoms with E-state index in [1.807, 2.05) is 0 Å². The van der Waals surface area contributed by atoms with Crippen LogP contribution >= 0.6 is 0 Å². The molecule has 0 amide bonds. The molecule has 1 fully saturated rings. The lowest BCUT2D eigenvalue weighted by Gasteiger charge is -2.16. The average molecular weight is 414 g/mol. The number of nitrogens with one attached hydrogen (secondary N) is 3. The average Bonchev–Trinajstić information content (AvgIpc) is 3.44. The number of fused-ring (bicyclic) bond motifs is 1. The molecule has 0 aliphatic carbocycles. The maximum Gasteiger partial charge on any atom is 0.168 e. The maximum atomic E-state index is 14.6. The number of halogens is 3. The molecular weight excluding hydrogens is 397 g/mol. The second kappa shape index (κ2) is 7.10. The first-order valence-electron chi connectivity index (χ1n) is 9.34. The van der Waals surface area contributed by atoms with Gasteiger partial charge in [-0.25, -0.2) is 23.1 Å². The predicted octanol–water partition coefficient (Wildman–Crippen LogP) is 2.49. The van der Waals surface area contributed by atoms with Gasteiger partial charge in [-0.2, -0.15) is 0 Å². The van der Waals surface area contributed by atoms with Crippen LogP contribution in [0.5, 0.6) is 0 Å². The van der Waals surface area contributed by atoms with Crippen LogP contribution in [0.1, 0.15) is 5.82 Å². The molecule has 2 atom stereocenters. The lowest BCUT2D eigenvalue weighted by atomic mass is 10.2. The minimum Gasteiger partial charge on any atom is -0.361 e. The maximum absolute atomic E-state index is 14.6. The summed E-state index contributed by atoms with van der Waals surface area (Å²) in [7, 11) is 0. The normalized spacial score (nSPS) is 18.9. The zero-order chi connectivity index (χ0) is 20.8. The Bertz CT molecular complexity index is 1230. The Hall–Kier alpha value is -3.47. The number of alkyl halides is 1. The molecule has 3 N–H and O–H groups in total. The summed E-state index contributed by atoms with van der Waals surface area (Å²) in [5.74, 6) is -0.655. The fourth-order valence-electron chi connectivity index (χ4n) is 3.49. The number of imidazole rings is 1. The second-order valence-corrected chi connectivity index (χ2v) is 7.12. The van der Waals surface area contributed by atoms with Crippen molar-refractivity contribution in [1.82, 2.24) is 34.9 Å². The van der Waals surface area contributed by atoms with Crippen LogP contribution in [0.15, 0.2) is 30.6 Å². The molecule has 0 aromatic carbocycles. The summed E-state index contributed by atoms with van der Waals surface area (Å²) in [5.41, 5.74) is 1.54. The van der Waals surface area contributed by atoms with Crippen LogP contribution in [0.3, 0.4) is 0 Å². The highest BCUT2D eigenvalue weighted by Gasteiger charge is 2.28. The summed E-state index contributed by atoms with van der Waals surface area (Å²) in [6.07, 6.45) is 1.96. The fourth-order valence-corrected chi connectivity index (χ4v) is 3.49. The largest absolute Gasteiger partial charge is 0.361 e. The monoisotopic (exact) mass is 414 g/mol. The van der Waals surface area contributed by atoms with E-state index in [2.05, 4.69) is 35.8 Å². The molecule has 8 nitrogen and oxygen atoms in total. The number of anilines is 1. The Morgan fingerprint density at radius 3 is 2.77 bits per heavy atom. The fraction of sp³-hybridized carbons (Fsp3) is 0.263. The van der Waals surface area contributed by atoms with Gasteiger partial charge in [-0.05, 0) is 19.1 Å². The summed E-state index contributed by atoms with van der Waals surface area (Å²) >= 11 is 0. The van der Waals surface area contributed by atoms with Gasteiger partial charge in [0.05, 0.1) is 17.9 Å². The third-order valence-corrected chi connectivity index (χ3v) is 5.02. The van der Waals surface area contributed by atoms with Crippen LogP contribution in [0.25, 0.3) is 28.4 Å². The minimum atomic E-state index is -1.19. The SMILES string of the molecule is Cc1nnc(-c2ccn3c(-c4nc(NC5CNCC5F)c(F)cc4F)cnc3c2)[nH]1. The van der Waals surface area contributed by atoms with Crippen LogP contribution in [0, 0.1) is 18.6 Å². The quantitative estimate of drug-likeness (QED) is 0.475. The van der Waals surface area contributed by atoms with Crippen molar-refractivity contribution in [3.63, 3.8) is 0 Å². The van der Waals surface area contributed by atoms with E-state index in [4.69, 9.17) is 0 Å². The number of aromatic amines is 1. The molecule has 11 heteroatoms. The summed E-state index contributed by atoms with van der Waals surface area (Å²) in [5, 5.41) is 13.6. The number of nitrogens with zero attached hydrogens (tertiary/aromatic N) is 5. The standard InChI is InChI=1S/C19H17F3N8/c1-9-25-18(29-28-9)10-2-3-30-15(8-24-16(30)4-10)17-11(20)5-12(21)19(27-17)26-14-7-23-6-13(14)22/h2-5,8,13-14,23H,6-7H2,1H3,(H,26,27)(H,25,28,29). The van der Waals surface area contributed by atoms with Crippen molar-refractivity contribution in [3.05, 3.63) is 48.1 Å². The molecule has 154 valence electrons. The van der Waals surface area contributed by atoms with Gasteiger partial charge < -0.3 is 15.6 Å². The number of hydrogen-bond acceptors (Lipinski definition) is 6. The van der Waals surface area contributed by atoms with E-state index in [-0.39, 0.29) is 18.1 Å². The molecule has 4 aromatic rings. The molecule has 4 aromatic heterocycles. The van der Waals surface area contributed by atoms with E-state index in [1.165, 1.54) is 6.20 Å². The van der Waals surface area contributed by atoms with Crippen molar-refractivity contribution in [3.8, 4) is 22.8 Å². The highest BCUT2D eigenvalue weighted by Crippen LogP contribution is 2.28. The topological polar surface area (TPSA) is 95.8 Å². The van der Waals surface area contributed by atoms with E-state index >= 15 is 0 Å². The van der Waals surface area contributed by atoms with E-state index in [9.17, 15) is 13.2 Å². The number of H-pyrrole nitrogens is 1. The molecule has 1 saturated heterocycles. The Kier molecular flexibility index (Phi) is 4.39. The van der Waals surface area contributed by atoms with Gasteiger partial charge in [-0.1, -0.05) is 0 Å². The van der Waals surface area contributed by atoms with Gasteiger partial charge in [0.2, 0.25) is 0 Å². The summed E-state index contributed by atoms with van der Waals surface area (Å²) in [6, 6.07) is 3.64. The van der Waals surface area contributed by atoms with Crippen LogP contribution in [-0.4, -0.2) is 54.9 Å². The van der Waals surface area contributed by atoms with Crippen molar-refractivity contribution in [2.24, 2.45) is 0 Å². The van der Waals surface area contributed by atoms with Gasteiger partial charge >= 0.3 is 0 Å². The summed E-state index contributed by atoms with van der Waals surface area (Å²) < 4.78 is 44.3. The number of rotatable bonds is 4. The first-order valence-corrected chi connectivity index (χ1v) is 9.34. The molecule has 0 bridgehead atoms. The predicted molar refractivity (Wildman–Crippen MR) is 104 cm³/mol. The van der Waals surface area contributed by atoms with E-state index in [0.717, 1.165) is 11.6 Å². The molecule has 0 saturated carbocycles. The van der Waals surface area contributed by atoms with Crippen LogP contribution in [-0.2, 0) is 0 Å². The van der Waals surface area contributed by atoms with Gasteiger partial charge in [-0.15, -0.1) is 10.2 Å². The molecule has 0 spiro atoms. The number of hydrogen-bond donors (Lipinski definition) is 3. The molecule has 1 aliphatic heterocycles. The second-order valence-electron chi connectivity index (χ2n) is 7.12. The van der Waals surface area contributed by atoms with Crippen molar-refractivity contribution >= 4 is 11.5 Å². The zero-order valence-corrected chi connectivity index (χ0v) is 15.8. The van der Waals surface area contributed by atoms with Crippen molar-refractivity contribution in [2.45, 2.75) is 19.1 Å². The van der Waals surface area contributed by atoms with E-state index in [0.29, 0.717) is 29.5 Å². The highest BCUT2D eigenvalue weighted by atomic mass is 19.1. The molecule has 1 aliphatic rings. The third kappa shape index (κ3) is 3.16. The van der Waals surface area contributed by atoms with E-state index in [1.54, 1.807) is 29.7 Å². The third-order valence-electron chi connectivity index (χ3n) is 5.02. The van der Waals surface area contributed by atoms with Gasteiger partial charge in [0.25, 0.3) is 0 Å². The number of pyridine rings is 2. The lowest BCUT2D eigenvalue weighted by molar-refractivity contribution is 0.341. The van der Waals surface area contributed by atoms with Crippen LogP contribution in [0.4, 0.5) is 19.0 Å². The van der Waals surface area contributed by atoms with E-state index < -0.39 is 23.8 Å². The first-order chi connectivity index (χ1) is 14.5. The van der Waals surface area contributed by atoms with Crippen LogP contribution in [0.2, 0.25) is 0 Å². The summed E-state index contributed by atoms with van der Waals surface area (Å²) in [6.45, 7) is 2.30. The summed E-state index contributed by atoms with van der Waals surface area (Å²) in [4.78, 5) is 11.4. The lowest BCUT2D eigenvalue weighted by Crippen LogP contribution is -2.30. The Morgan fingerprint density at radius 1 is 1.17 bits per heavy atom. The zero-order valence-electron chi connectivity index (χ0n) is 15.8. The number of aryl methyl sites for hydroxylation is 1.